The maximum atomic E-state index is 15.7. The van der Waals surface area contributed by atoms with Crippen LogP contribution in [0.4, 0.5) is 0 Å². The molecule has 14 N–H and O–H groups in total. The zero-order valence-corrected chi connectivity index (χ0v) is 41.6. The number of nitrogens with two attached hydrogens (primary N) is 1. The normalized spacial score (nSPS) is 49.4. The van der Waals surface area contributed by atoms with Crippen LogP contribution in [0.3, 0.4) is 0 Å². The fourth-order valence-corrected chi connectivity index (χ4v) is 18.3. The summed E-state index contributed by atoms with van der Waals surface area (Å²) in [6, 6.07) is 0. The summed E-state index contributed by atoms with van der Waals surface area (Å²) in [6.45, 7) is 4.81. The van der Waals surface area contributed by atoms with Crippen LogP contribution in [0.15, 0.2) is 59.0 Å². The summed E-state index contributed by atoms with van der Waals surface area (Å²) in [4.78, 5) is 15.7. The van der Waals surface area contributed by atoms with E-state index in [1.165, 1.54) is 0 Å². The lowest BCUT2D eigenvalue weighted by Gasteiger charge is -2.71. The summed E-state index contributed by atoms with van der Waals surface area (Å²) in [5, 5.41) is 130. The van der Waals surface area contributed by atoms with Crippen LogP contribution in [0.25, 0.3) is 0 Å². The van der Waals surface area contributed by atoms with Gasteiger partial charge in [-0.2, -0.15) is 0 Å². The van der Waals surface area contributed by atoms with Gasteiger partial charge in [0, 0.05) is 65.5 Å². The number of carbonyl (C=O) groups excluding carboxylic acids is 1. The third-order valence-corrected chi connectivity index (χ3v) is 21.0. The van der Waals surface area contributed by atoms with Crippen molar-refractivity contribution in [3.63, 3.8) is 0 Å². The maximum absolute atomic E-state index is 15.7. The minimum Gasteiger partial charge on any atom is -0.396 e. The minimum absolute atomic E-state index is 0.0157. The van der Waals surface area contributed by atoms with E-state index >= 15 is 4.79 Å². The Kier molecular flexibility index (Phi) is 13.2. The highest BCUT2D eigenvalue weighted by atomic mass is 16.5. The molecule has 0 aromatic carbocycles. The van der Waals surface area contributed by atoms with E-state index < -0.39 is 105 Å². The number of dihydropyridines is 1. The highest BCUT2D eigenvalue weighted by Crippen LogP contribution is 2.78. The lowest BCUT2D eigenvalue weighted by Crippen LogP contribution is -2.76. The molecular weight excluding hydrogens is 895 g/mol. The first kappa shape index (κ1) is 51.0. The van der Waals surface area contributed by atoms with Crippen molar-refractivity contribution in [3.05, 3.63) is 59.0 Å². The third-order valence-electron chi connectivity index (χ3n) is 21.0. The Morgan fingerprint density at radius 2 is 1.74 bits per heavy atom. The average molecular weight is 978 g/mol. The van der Waals surface area contributed by atoms with Crippen molar-refractivity contribution in [2.45, 2.75) is 195 Å². The molecule has 0 aromatic rings. The van der Waals surface area contributed by atoms with Crippen LogP contribution in [-0.2, 0) is 9.53 Å². The first-order valence-electron chi connectivity index (χ1n) is 27.1. The van der Waals surface area contributed by atoms with Crippen molar-refractivity contribution < 1.29 is 60.6 Å². The van der Waals surface area contributed by atoms with Crippen molar-refractivity contribution in [2.24, 2.45) is 63.4 Å². The van der Waals surface area contributed by atoms with Crippen LogP contribution < -0.4 is 16.4 Å². The molecule has 2 bridgehead atoms. The monoisotopic (exact) mass is 978 g/mol. The Labute approximate surface area is 413 Å². The molecule has 6 fully saturated rings. The molecule has 3 aliphatic heterocycles. The van der Waals surface area contributed by atoms with Gasteiger partial charge in [-0.3, -0.25) is 4.79 Å². The number of allylic oxidation sites excluding steroid dienone is 5. The van der Waals surface area contributed by atoms with E-state index in [9.17, 15) is 51.1 Å². The van der Waals surface area contributed by atoms with E-state index in [2.05, 4.69) is 23.6 Å². The van der Waals surface area contributed by atoms with Gasteiger partial charge in [0.25, 0.3) is 0 Å². The summed E-state index contributed by atoms with van der Waals surface area (Å²) < 4.78 is 7.27. The minimum atomic E-state index is -2.07. The molecule has 0 aromatic heterocycles. The number of nitrogens with one attached hydrogen (secondary N) is 2. The molecule has 1 saturated heterocycles. The highest BCUT2D eigenvalue weighted by molar-refractivity contribution is 6.00. The molecule has 15 heteroatoms. The van der Waals surface area contributed by atoms with Crippen LogP contribution in [-0.4, -0.2) is 142 Å². The average Bonchev–Trinajstić information content (AvgIpc) is 3.64. The summed E-state index contributed by atoms with van der Waals surface area (Å²) in [7, 11) is 0. The molecule has 3 heterocycles. The Balaban J connectivity index is 1.15. The van der Waals surface area contributed by atoms with E-state index in [0.717, 1.165) is 43.4 Å². The second-order valence-corrected chi connectivity index (χ2v) is 24.3. The fraction of sp³-hybridized carbons (Fsp3) is 0.800. The lowest BCUT2D eigenvalue weighted by atomic mass is 9.34. The highest BCUT2D eigenvalue weighted by Gasteiger charge is 2.82. The SMILES string of the molecule is CCCC1CCC2C3OC4(C=CC3C1)C2C(O)CCCC4(O)C(C)(O)C1CCC2(O)C3=C(NCC(C)O)C(=O)C4CC(O)C(O)CC45CC(C4=C(CCCO)NC(N)C=C4)C=CC35C(O)CC12CCO. The smallest absolute Gasteiger partial charge is 0.182 e. The number of rotatable bonds is 13. The molecule has 5 saturated carbocycles. The molecule has 15 nitrogen and oxygen atoms in total. The van der Waals surface area contributed by atoms with Crippen LogP contribution >= 0.6 is 0 Å². The number of fused-ring (bicyclic) bond motifs is 3. The van der Waals surface area contributed by atoms with Crippen molar-refractivity contribution >= 4 is 5.78 Å². The van der Waals surface area contributed by atoms with Gasteiger partial charge in [0.05, 0.1) is 59.7 Å². The maximum Gasteiger partial charge on any atom is 0.182 e. The van der Waals surface area contributed by atoms with E-state index in [1.54, 1.807) is 13.8 Å². The van der Waals surface area contributed by atoms with Gasteiger partial charge in [0.15, 0.2) is 5.78 Å². The number of hydrogen-bond acceptors (Lipinski definition) is 15. The summed E-state index contributed by atoms with van der Waals surface area (Å²) in [6.07, 6.45) is 12.1. The number of Topliss-reactive ketones (excluding diaryl/α,β-unsaturated/α-hetero) is 1. The topological polar surface area (TPSA) is 279 Å². The van der Waals surface area contributed by atoms with Crippen LogP contribution in [0.2, 0.25) is 0 Å². The second-order valence-electron chi connectivity index (χ2n) is 24.3. The van der Waals surface area contributed by atoms with Crippen molar-refractivity contribution in [3.8, 4) is 0 Å². The van der Waals surface area contributed by atoms with Crippen molar-refractivity contribution in [2.75, 3.05) is 19.8 Å². The van der Waals surface area contributed by atoms with Crippen molar-refractivity contribution in [1.29, 1.82) is 0 Å². The second kappa shape index (κ2) is 18.1. The van der Waals surface area contributed by atoms with Crippen LogP contribution in [0, 0.1) is 57.7 Å². The van der Waals surface area contributed by atoms with E-state index in [1.807, 2.05) is 30.4 Å². The van der Waals surface area contributed by atoms with Crippen LogP contribution in [0.5, 0.6) is 0 Å². The molecule has 0 amide bonds. The zero-order chi connectivity index (χ0) is 50.0. The third kappa shape index (κ3) is 6.91. The molecule has 10 rings (SSSR count). The van der Waals surface area contributed by atoms with E-state index in [0.29, 0.717) is 31.6 Å². The number of aliphatic hydroxyl groups excluding tert-OH is 7. The Morgan fingerprint density at radius 1 is 0.957 bits per heavy atom. The molecule has 21 unspecified atom stereocenters. The molecule has 10 aliphatic rings. The van der Waals surface area contributed by atoms with Gasteiger partial charge in [-0.1, -0.05) is 56.6 Å². The largest absolute Gasteiger partial charge is 0.396 e. The van der Waals surface area contributed by atoms with Gasteiger partial charge in [0.1, 0.15) is 11.2 Å². The number of ketones is 1. The van der Waals surface area contributed by atoms with E-state index in [4.69, 9.17) is 10.5 Å². The molecule has 7 aliphatic carbocycles. The molecular formula is C55H83N3O12. The predicted octanol–water partition coefficient (Wildman–Crippen LogP) is 2.40. The van der Waals surface area contributed by atoms with Gasteiger partial charge < -0.3 is 72.2 Å². The number of ether oxygens (including phenoxy) is 1. The predicted molar refractivity (Wildman–Crippen MR) is 259 cm³/mol. The van der Waals surface area contributed by atoms with Crippen LogP contribution in [0.1, 0.15) is 130 Å². The molecule has 21 atom stereocenters. The van der Waals surface area contributed by atoms with Gasteiger partial charge in [-0.05, 0) is 139 Å². The molecule has 390 valence electrons. The van der Waals surface area contributed by atoms with Gasteiger partial charge >= 0.3 is 0 Å². The van der Waals surface area contributed by atoms with Crippen molar-refractivity contribution in [1.82, 2.24) is 10.6 Å². The van der Waals surface area contributed by atoms with Gasteiger partial charge in [0.2, 0.25) is 0 Å². The number of aliphatic hydroxyl groups is 10. The standard InChI is InChI=1S/C55H83N3O12/c1-4-7-31-10-11-35-44-38(62)9-5-17-55(69,54(44)20-15-32(24-31)47(35)70-54)49(3,67)41-16-19-53(68)48-45(57-29-30(2)61)46(66)36-25-39(63)40(64)27-51(36)26-33(34-12-13-43(56)58-37(34)8-6-22-59)14-18-52(48,51)42(65)28-50(41,53)21-23-60/h12-15,18,20,30-33,35-36,38-44,47,57-65,67-69H,4-11,16-17,19,21-29,56H2,1-3H3. The summed E-state index contributed by atoms with van der Waals surface area (Å²) >= 11 is 0. The summed E-state index contributed by atoms with van der Waals surface area (Å²) in [5.74, 6) is -2.71. The fourth-order valence-electron chi connectivity index (χ4n) is 18.3. The van der Waals surface area contributed by atoms with E-state index in [-0.39, 0.29) is 99.6 Å². The number of hydrogen-bond donors (Lipinski definition) is 13. The first-order valence-corrected chi connectivity index (χ1v) is 27.1. The Morgan fingerprint density at radius 3 is 2.47 bits per heavy atom. The lowest BCUT2D eigenvalue weighted by molar-refractivity contribution is -0.289. The Hall–Kier alpha value is -2.51. The molecule has 70 heavy (non-hydrogen) atoms. The van der Waals surface area contributed by atoms with Gasteiger partial charge in [-0.25, -0.2) is 0 Å². The van der Waals surface area contributed by atoms with Gasteiger partial charge in [-0.15, -0.1) is 0 Å². The quantitative estimate of drug-likeness (QED) is 0.118. The summed E-state index contributed by atoms with van der Waals surface area (Å²) in [5.41, 5.74) is -3.72. The Bertz CT molecular complexity index is 2190. The first-order chi connectivity index (χ1) is 33.3. The number of carbonyl (C=O) groups is 1. The molecule has 0 radical (unpaired) electrons. The molecule has 3 spiro atoms. The zero-order valence-electron chi connectivity index (χ0n) is 41.6.